The Morgan fingerprint density at radius 3 is 2.96 bits per heavy atom. The minimum Gasteiger partial charge on any atom is -0.368 e. The molecule has 2 aliphatic heterocycles. The standard InChI is InChI=1S/C18H22F3N5O2/c1-11-9-15(18(19,20)21)26-16(23-11)10-13(24-26)14-3-2-8-25(14)17(27)5-4-12-6-7-22-28-12/h6-7,10-11,14-15,23H,2-5,8-9H2,1H3/t11-,14?,15-/m1/s1. The van der Waals surface area contributed by atoms with E-state index in [9.17, 15) is 18.0 Å². The fraction of sp³-hybridized carbons (Fsp3) is 0.611. The summed E-state index contributed by atoms with van der Waals surface area (Å²) in [4.78, 5) is 14.4. The topological polar surface area (TPSA) is 76.2 Å². The van der Waals surface area contributed by atoms with E-state index < -0.39 is 12.2 Å². The van der Waals surface area contributed by atoms with Crippen molar-refractivity contribution in [3.63, 3.8) is 0 Å². The van der Waals surface area contributed by atoms with Crippen LogP contribution in [0, 0.1) is 0 Å². The number of anilines is 1. The Balaban J connectivity index is 1.53. The van der Waals surface area contributed by atoms with Gasteiger partial charge < -0.3 is 14.7 Å². The van der Waals surface area contributed by atoms with E-state index in [0.717, 1.165) is 11.1 Å². The fourth-order valence-electron chi connectivity index (χ4n) is 4.06. The zero-order chi connectivity index (χ0) is 19.9. The van der Waals surface area contributed by atoms with Crippen molar-refractivity contribution in [2.24, 2.45) is 0 Å². The lowest BCUT2D eigenvalue weighted by Crippen LogP contribution is -2.38. The molecule has 1 amide bonds. The molecule has 4 heterocycles. The van der Waals surface area contributed by atoms with E-state index in [4.69, 9.17) is 4.52 Å². The van der Waals surface area contributed by atoms with Crippen LogP contribution in [-0.2, 0) is 11.2 Å². The summed E-state index contributed by atoms with van der Waals surface area (Å²) < 4.78 is 46.4. The van der Waals surface area contributed by atoms with Crippen molar-refractivity contribution < 1.29 is 22.5 Å². The average Bonchev–Trinajstić information content (AvgIpc) is 3.36. The van der Waals surface area contributed by atoms with Crippen molar-refractivity contribution in [1.29, 1.82) is 0 Å². The molecule has 28 heavy (non-hydrogen) atoms. The van der Waals surface area contributed by atoms with Crippen molar-refractivity contribution in [1.82, 2.24) is 19.8 Å². The molecule has 2 aliphatic rings. The number of fused-ring (bicyclic) bond motifs is 1. The number of aromatic nitrogens is 3. The summed E-state index contributed by atoms with van der Waals surface area (Å²) in [6, 6.07) is 1.12. The minimum atomic E-state index is -4.36. The number of nitrogens with one attached hydrogen (secondary N) is 1. The lowest BCUT2D eigenvalue weighted by molar-refractivity contribution is -0.173. The summed E-state index contributed by atoms with van der Waals surface area (Å²) in [5.41, 5.74) is 0.511. The van der Waals surface area contributed by atoms with Gasteiger partial charge in [0.15, 0.2) is 6.04 Å². The molecule has 0 radical (unpaired) electrons. The lowest BCUT2D eigenvalue weighted by atomic mass is 10.1. The molecule has 7 nitrogen and oxygen atoms in total. The summed E-state index contributed by atoms with van der Waals surface area (Å²) in [6.45, 7) is 2.30. The van der Waals surface area contributed by atoms with Crippen LogP contribution >= 0.6 is 0 Å². The molecule has 0 spiro atoms. The molecular weight excluding hydrogens is 375 g/mol. The Bertz CT molecular complexity index is 833. The predicted octanol–water partition coefficient (Wildman–Crippen LogP) is 3.47. The third kappa shape index (κ3) is 3.59. The van der Waals surface area contributed by atoms with E-state index in [1.165, 1.54) is 6.20 Å². The van der Waals surface area contributed by atoms with Gasteiger partial charge in [-0.25, -0.2) is 4.68 Å². The summed E-state index contributed by atoms with van der Waals surface area (Å²) in [7, 11) is 0. The van der Waals surface area contributed by atoms with Crippen molar-refractivity contribution in [2.75, 3.05) is 11.9 Å². The predicted molar refractivity (Wildman–Crippen MR) is 93.5 cm³/mol. The van der Waals surface area contributed by atoms with E-state index in [-0.39, 0.29) is 30.8 Å². The number of nitrogens with zero attached hydrogens (tertiary/aromatic N) is 4. The lowest BCUT2D eigenvalue weighted by Gasteiger charge is -2.31. The van der Waals surface area contributed by atoms with Gasteiger partial charge in [0, 0.05) is 37.6 Å². The minimum absolute atomic E-state index is 0.0569. The van der Waals surface area contributed by atoms with Crippen LogP contribution in [-0.4, -0.2) is 44.5 Å². The number of carbonyl (C=O) groups is 1. The Morgan fingerprint density at radius 1 is 1.43 bits per heavy atom. The van der Waals surface area contributed by atoms with Gasteiger partial charge in [0.25, 0.3) is 0 Å². The zero-order valence-electron chi connectivity index (χ0n) is 15.4. The Kier molecular flexibility index (Phi) is 4.80. The molecular formula is C18H22F3N5O2. The molecule has 10 heteroatoms. The molecule has 3 atom stereocenters. The Morgan fingerprint density at radius 2 is 2.25 bits per heavy atom. The van der Waals surface area contributed by atoms with Crippen molar-refractivity contribution >= 4 is 11.7 Å². The van der Waals surface area contributed by atoms with Crippen LogP contribution in [0.25, 0.3) is 0 Å². The normalized spacial score (nSPS) is 24.9. The second-order valence-electron chi connectivity index (χ2n) is 7.46. The number of aryl methyl sites for hydroxylation is 1. The maximum Gasteiger partial charge on any atom is 0.410 e. The molecule has 1 unspecified atom stereocenters. The van der Waals surface area contributed by atoms with Crippen molar-refractivity contribution in [2.45, 2.75) is 63.3 Å². The molecule has 0 bridgehead atoms. The summed E-state index contributed by atoms with van der Waals surface area (Å²) in [5.74, 6) is 0.934. The highest BCUT2D eigenvalue weighted by molar-refractivity contribution is 5.77. The van der Waals surface area contributed by atoms with Gasteiger partial charge in [-0.2, -0.15) is 18.3 Å². The van der Waals surface area contributed by atoms with E-state index in [2.05, 4.69) is 15.6 Å². The summed E-state index contributed by atoms with van der Waals surface area (Å²) in [6.07, 6.45) is -0.710. The van der Waals surface area contributed by atoms with Crippen LogP contribution in [0.2, 0.25) is 0 Å². The fourth-order valence-corrected chi connectivity index (χ4v) is 4.06. The number of halogens is 3. The highest BCUT2D eigenvalue weighted by Gasteiger charge is 2.46. The number of rotatable bonds is 4. The quantitative estimate of drug-likeness (QED) is 0.855. The average molecular weight is 397 g/mol. The Hall–Kier alpha value is -2.52. The van der Waals surface area contributed by atoms with Crippen LogP contribution in [0.1, 0.15) is 56.1 Å². The maximum atomic E-state index is 13.5. The number of carbonyl (C=O) groups excluding carboxylic acids is 1. The molecule has 2 aromatic heterocycles. The van der Waals surface area contributed by atoms with Crippen LogP contribution in [0.5, 0.6) is 0 Å². The molecule has 1 fully saturated rings. The van der Waals surface area contributed by atoms with Gasteiger partial charge in [0.2, 0.25) is 5.91 Å². The SMILES string of the molecule is C[C@@H]1C[C@H](C(F)(F)F)n2nc(C3CCCN3C(=O)CCc3ccno3)cc2N1. The molecule has 1 N–H and O–H groups in total. The molecule has 0 saturated carbocycles. The third-order valence-corrected chi connectivity index (χ3v) is 5.39. The van der Waals surface area contributed by atoms with Gasteiger partial charge in [0.1, 0.15) is 11.6 Å². The second kappa shape index (κ2) is 7.14. The van der Waals surface area contributed by atoms with Crippen molar-refractivity contribution in [3.8, 4) is 0 Å². The van der Waals surface area contributed by atoms with Gasteiger partial charge in [-0.1, -0.05) is 5.16 Å². The molecule has 0 aromatic carbocycles. The van der Waals surface area contributed by atoms with E-state index in [1.807, 2.05) is 0 Å². The zero-order valence-corrected chi connectivity index (χ0v) is 15.4. The highest BCUT2D eigenvalue weighted by atomic mass is 19.4. The maximum absolute atomic E-state index is 13.5. The first-order valence-electron chi connectivity index (χ1n) is 9.44. The molecule has 152 valence electrons. The van der Waals surface area contributed by atoms with Crippen LogP contribution in [0.15, 0.2) is 22.9 Å². The first-order chi connectivity index (χ1) is 13.3. The number of alkyl halides is 3. The number of amides is 1. The highest BCUT2D eigenvalue weighted by Crippen LogP contribution is 2.41. The smallest absolute Gasteiger partial charge is 0.368 e. The van der Waals surface area contributed by atoms with Gasteiger partial charge in [-0.15, -0.1) is 0 Å². The second-order valence-corrected chi connectivity index (χ2v) is 7.46. The van der Waals surface area contributed by atoms with Crippen molar-refractivity contribution in [3.05, 3.63) is 29.8 Å². The van der Waals surface area contributed by atoms with E-state index in [1.54, 1.807) is 24.0 Å². The molecule has 4 rings (SSSR count). The number of likely N-dealkylation sites (tertiary alicyclic amines) is 1. The van der Waals surface area contributed by atoms with Crippen LogP contribution in [0.4, 0.5) is 19.0 Å². The van der Waals surface area contributed by atoms with Gasteiger partial charge in [0.05, 0.1) is 17.9 Å². The first kappa shape index (κ1) is 18.8. The van der Waals surface area contributed by atoms with E-state index >= 15 is 0 Å². The van der Waals surface area contributed by atoms with Gasteiger partial charge in [-0.05, 0) is 26.2 Å². The van der Waals surface area contributed by atoms with Gasteiger partial charge in [-0.3, -0.25) is 4.79 Å². The summed E-state index contributed by atoms with van der Waals surface area (Å²) in [5, 5.41) is 11.0. The Labute approximate surface area is 159 Å². The monoisotopic (exact) mass is 397 g/mol. The first-order valence-corrected chi connectivity index (χ1v) is 9.44. The molecule has 0 aliphatic carbocycles. The van der Waals surface area contributed by atoms with Crippen LogP contribution < -0.4 is 5.32 Å². The van der Waals surface area contributed by atoms with Crippen LogP contribution in [0.3, 0.4) is 0 Å². The van der Waals surface area contributed by atoms with E-state index in [0.29, 0.717) is 36.7 Å². The summed E-state index contributed by atoms with van der Waals surface area (Å²) >= 11 is 0. The molecule has 1 saturated heterocycles. The molecule has 2 aromatic rings. The third-order valence-electron chi connectivity index (χ3n) is 5.39. The number of hydrogen-bond donors (Lipinski definition) is 1. The largest absolute Gasteiger partial charge is 0.410 e. The van der Waals surface area contributed by atoms with Gasteiger partial charge >= 0.3 is 6.18 Å². The number of hydrogen-bond acceptors (Lipinski definition) is 5.